The van der Waals surface area contributed by atoms with E-state index in [9.17, 15) is 9.18 Å². The maximum Gasteiger partial charge on any atom is 0.229 e. The molecule has 1 heterocycles. The second-order valence-electron chi connectivity index (χ2n) is 9.87. The van der Waals surface area contributed by atoms with Crippen molar-refractivity contribution in [1.82, 2.24) is 9.97 Å². The summed E-state index contributed by atoms with van der Waals surface area (Å²) in [4.78, 5) is 22.9. The summed E-state index contributed by atoms with van der Waals surface area (Å²) in [6.45, 7) is 2.04. The van der Waals surface area contributed by atoms with Gasteiger partial charge in [0.15, 0.2) is 5.82 Å². The third kappa shape index (κ3) is 5.19. The Hall–Kier alpha value is -3.08. The van der Waals surface area contributed by atoms with Crippen LogP contribution >= 0.6 is 0 Å². The number of hydrogen-bond acceptors (Lipinski definition) is 3. The van der Waals surface area contributed by atoms with Crippen LogP contribution in [-0.2, 0) is 30.5 Å². The lowest BCUT2D eigenvalue weighted by molar-refractivity contribution is -0.115. The predicted octanol–water partition coefficient (Wildman–Crippen LogP) is 6.38. The van der Waals surface area contributed by atoms with Crippen LogP contribution < -0.4 is 5.32 Å². The van der Waals surface area contributed by atoms with Crippen LogP contribution in [0.3, 0.4) is 0 Å². The van der Waals surface area contributed by atoms with Crippen molar-refractivity contribution in [1.29, 1.82) is 0 Å². The number of nitrogens with one attached hydrogen (secondary N) is 1. The van der Waals surface area contributed by atoms with Gasteiger partial charge in [0.05, 0.1) is 23.5 Å². The van der Waals surface area contributed by atoms with Crippen molar-refractivity contribution in [3.63, 3.8) is 0 Å². The summed E-state index contributed by atoms with van der Waals surface area (Å²) in [6.07, 6.45) is 10.1. The van der Waals surface area contributed by atoms with Crippen molar-refractivity contribution < 1.29 is 9.18 Å². The Morgan fingerprint density at radius 3 is 2.62 bits per heavy atom. The summed E-state index contributed by atoms with van der Waals surface area (Å²) in [5.74, 6) is 1.02. The van der Waals surface area contributed by atoms with Gasteiger partial charge in [0, 0.05) is 5.56 Å². The zero-order valence-electron chi connectivity index (χ0n) is 19.9. The van der Waals surface area contributed by atoms with E-state index in [1.807, 2.05) is 37.3 Å². The van der Waals surface area contributed by atoms with Crippen molar-refractivity contribution in [3.05, 3.63) is 76.4 Å². The number of nitrogens with zero attached hydrogens (tertiary/aromatic N) is 2. The third-order valence-electron chi connectivity index (χ3n) is 7.25. The topological polar surface area (TPSA) is 54.9 Å². The molecule has 0 saturated heterocycles. The SMILES string of the molecule is Cc1ccc(CC(=O)Nc2nc3c(nc2CCC2CCCCC2)-c2ccc(F)cc2CC3)cc1. The second kappa shape index (κ2) is 10.0. The molecule has 1 saturated carbocycles. The number of fused-ring (bicyclic) bond motifs is 3. The molecule has 3 aromatic rings. The number of hydrogen-bond donors (Lipinski definition) is 1. The Labute approximate surface area is 201 Å². The van der Waals surface area contributed by atoms with Gasteiger partial charge in [-0.25, -0.2) is 14.4 Å². The highest BCUT2D eigenvalue weighted by Crippen LogP contribution is 2.34. The van der Waals surface area contributed by atoms with E-state index in [2.05, 4.69) is 5.32 Å². The molecule has 2 aliphatic carbocycles. The van der Waals surface area contributed by atoms with E-state index in [0.29, 0.717) is 24.6 Å². The minimum absolute atomic E-state index is 0.0738. The molecule has 0 spiro atoms. The highest BCUT2D eigenvalue weighted by Gasteiger charge is 2.24. The largest absolute Gasteiger partial charge is 0.309 e. The fourth-order valence-corrected chi connectivity index (χ4v) is 5.31. The molecular weight excluding hydrogens is 425 g/mol. The lowest BCUT2D eigenvalue weighted by atomic mass is 9.85. The summed E-state index contributed by atoms with van der Waals surface area (Å²) in [5.41, 5.74) is 6.67. The maximum atomic E-state index is 13.8. The average Bonchev–Trinajstić information content (AvgIpc) is 2.84. The monoisotopic (exact) mass is 457 g/mol. The van der Waals surface area contributed by atoms with Gasteiger partial charge in [0.1, 0.15) is 5.82 Å². The molecule has 2 aliphatic rings. The molecule has 4 nitrogen and oxygen atoms in total. The predicted molar refractivity (Wildman–Crippen MR) is 133 cm³/mol. The van der Waals surface area contributed by atoms with Crippen molar-refractivity contribution in [2.24, 2.45) is 5.92 Å². The van der Waals surface area contributed by atoms with Gasteiger partial charge in [-0.3, -0.25) is 4.79 Å². The summed E-state index contributed by atoms with van der Waals surface area (Å²) < 4.78 is 13.8. The molecule has 1 amide bonds. The number of amides is 1. The van der Waals surface area contributed by atoms with E-state index in [1.165, 1.54) is 43.7 Å². The lowest BCUT2D eigenvalue weighted by Crippen LogP contribution is -2.20. The summed E-state index contributed by atoms with van der Waals surface area (Å²) in [6, 6.07) is 13.0. The van der Waals surface area contributed by atoms with E-state index in [-0.39, 0.29) is 11.7 Å². The molecule has 0 bridgehead atoms. The molecule has 5 rings (SSSR count). The molecule has 34 heavy (non-hydrogen) atoms. The maximum absolute atomic E-state index is 13.8. The van der Waals surface area contributed by atoms with Gasteiger partial charge in [-0.1, -0.05) is 61.9 Å². The van der Waals surface area contributed by atoms with Crippen molar-refractivity contribution in [2.45, 2.75) is 71.1 Å². The van der Waals surface area contributed by atoms with Crippen LogP contribution in [0, 0.1) is 18.7 Å². The smallest absolute Gasteiger partial charge is 0.229 e. The number of rotatable bonds is 6. The highest BCUT2D eigenvalue weighted by molar-refractivity contribution is 5.92. The molecular formula is C29H32FN3O. The molecule has 1 aromatic heterocycles. The van der Waals surface area contributed by atoms with Crippen LogP contribution in [0.5, 0.6) is 0 Å². The average molecular weight is 458 g/mol. The Kier molecular flexibility index (Phi) is 6.70. The van der Waals surface area contributed by atoms with E-state index < -0.39 is 0 Å². The minimum Gasteiger partial charge on any atom is -0.309 e. The van der Waals surface area contributed by atoms with E-state index >= 15 is 0 Å². The zero-order chi connectivity index (χ0) is 23.5. The Morgan fingerprint density at radius 1 is 1.03 bits per heavy atom. The molecule has 1 fully saturated rings. The summed E-state index contributed by atoms with van der Waals surface area (Å²) in [5, 5.41) is 3.07. The number of aryl methyl sites for hydroxylation is 4. The first-order chi connectivity index (χ1) is 16.5. The normalized spacial score (nSPS) is 15.5. The number of carbonyl (C=O) groups excluding carboxylic acids is 1. The van der Waals surface area contributed by atoms with Crippen LogP contribution in [0.1, 0.15) is 66.6 Å². The van der Waals surface area contributed by atoms with Gasteiger partial charge in [-0.2, -0.15) is 0 Å². The lowest BCUT2D eigenvalue weighted by Gasteiger charge is -2.23. The van der Waals surface area contributed by atoms with Gasteiger partial charge in [0.2, 0.25) is 5.91 Å². The molecule has 176 valence electrons. The number of aromatic nitrogens is 2. The van der Waals surface area contributed by atoms with E-state index in [1.54, 1.807) is 6.07 Å². The number of benzene rings is 2. The Balaban J connectivity index is 1.42. The van der Waals surface area contributed by atoms with Gasteiger partial charge in [0.25, 0.3) is 0 Å². The molecule has 0 atom stereocenters. The third-order valence-corrected chi connectivity index (χ3v) is 7.25. The molecule has 5 heteroatoms. The van der Waals surface area contributed by atoms with E-state index in [0.717, 1.165) is 53.0 Å². The standard InChI is InChI=1S/C29H32FN3O/c1-19-7-9-21(10-8-19)17-27(34)33-29-26(15-11-20-5-3-2-4-6-20)31-28-24-14-13-23(30)18-22(24)12-16-25(28)32-29/h7-10,13-14,18,20H,2-6,11-12,15-17H2,1H3,(H,32,33,34). The van der Waals surface area contributed by atoms with Crippen LogP contribution in [0.15, 0.2) is 42.5 Å². The quantitative estimate of drug-likeness (QED) is 0.467. The molecule has 0 aliphatic heterocycles. The highest BCUT2D eigenvalue weighted by atomic mass is 19.1. The van der Waals surface area contributed by atoms with Crippen molar-refractivity contribution in [2.75, 3.05) is 5.32 Å². The first-order valence-corrected chi connectivity index (χ1v) is 12.6. The summed E-state index contributed by atoms with van der Waals surface area (Å²) in [7, 11) is 0. The van der Waals surface area contributed by atoms with Crippen LogP contribution in [0.25, 0.3) is 11.3 Å². The Bertz CT molecular complexity index is 1180. The fraction of sp³-hybridized carbons (Fsp3) is 0.414. The van der Waals surface area contributed by atoms with Crippen molar-refractivity contribution >= 4 is 11.7 Å². The number of halogens is 1. The first kappa shape index (κ1) is 22.7. The minimum atomic E-state index is -0.215. The fourth-order valence-electron chi connectivity index (χ4n) is 5.31. The van der Waals surface area contributed by atoms with E-state index in [4.69, 9.17) is 9.97 Å². The van der Waals surface area contributed by atoms with Crippen molar-refractivity contribution in [3.8, 4) is 11.3 Å². The van der Waals surface area contributed by atoms with Crippen LogP contribution in [-0.4, -0.2) is 15.9 Å². The van der Waals surface area contributed by atoms with Gasteiger partial charge >= 0.3 is 0 Å². The zero-order valence-corrected chi connectivity index (χ0v) is 19.9. The molecule has 2 aromatic carbocycles. The number of carbonyl (C=O) groups is 1. The number of anilines is 1. The second-order valence-corrected chi connectivity index (χ2v) is 9.87. The molecule has 0 unspecified atom stereocenters. The Morgan fingerprint density at radius 2 is 1.82 bits per heavy atom. The van der Waals surface area contributed by atoms with Gasteiger partial charge < -0.3 is 5.32 Å². The van der Waals surface area contributed by atoms with Gasteiger partial charge in [-0.05, 0) is 67.9 Å². The molecule has 1 N–H and O–H groups in total. The van der Waals surface area contributed by atoms with Crippen LogP contribution in [0.2, 0.25) is 0 Å². The van der Waals surface area contributed by atoms with Crippen LogP contribution in [0.4, 0.5) is 10.2 Å². The van der Waals surface area contributed by atoms with Gasteiger partial charge in [-0.15, -0.1) is 0 Å². The first-order valence-electron chi connectivity index (χ1n) is 12.6. The molecule has 0 radical (unpaired) electrons. The summed E-state index contributed by atoms with van der Waals surface area (Å²) >= 11 is 0.